The van der Waals surface area contributed by atoms with Gasteiger partial charge in [0.05, 0.1) is 6.54 Å². The summed E-state index contributed by atoms with van der Waals surface area (Å²) in [5.41, 5.74) is 6.47. The Kier molecular flexibility index (Phi) is 7.08. The fourth-order valence-corrected chi connectivity index (χ4v) is 2.12. The van der Waals surface area contributed by atoms with Crippen LogP contribution >= 0.6 is 15.9 Å². The lowest BCUT2D eigenvalue weighted by Gasteiger charge is -2.19. The van der Waals surface area contributed by atoms with Crippen LogP contribution in [0.3, 0.4) is 0 Å². The van der Waals surface area contributed by atoms with E-state index in [0.29, 0.717) is 24.6 Å². The number of nitrogens with one attached hydrogen (secondary N) is 1. The van der Waals surface area contributed by atoms with Crippen LogP contribution in [-0.2, 0) is 0 Å². The smallest absolute Gasteiger partial charge is 0.251 e. The molecule has 1 aromatic carbocycles. The number of aliphatic imine (C=N–C) groups is 1. The number of hydrogen-bond donors (Lipinski definition) is 2. The van der Waals surface area contributed by atoms with Gasteiger partial charge in [0, 0.05) is 29.7 Å². The average Bonchev–Trinajstić information content (AvgIpc) is 2.44. The molecule has 0 aromatic heterocycles. The first-order valence-electron chi connectivity index (χ1n) is 6.67. The summed E-state index contributed by atoms with van der Waals surface area (Å²) >= 11 is 3.34. The van der Waals surface area contributed by atoms with E-state index in [1.165, 1.54) is 0 Å². The van der Waals surface area contributed by atoms with E-state index in [1.54, 1.807) is 12.1 Å². The van der Waals surface area contributed by atoms with Gasteiger partial charge in [0.25, 0.3) is 5.91 Å². The highest BCUT2D eigenvalue weighted by atomic mass is 79.9. The number of nitrogens with zero attached hydrogens (tertiary/aromatic N) is 2. The number of carbonyl (C=O) groups is 1. The largest absolute Gasteiger partial charge is 0.370 e. The van der Waals surface area contributed by atoms with Crippen LogP contribution in [0.25, 0.3) is 0 Å². The zero-order chi connectivity index (χ0) is 15.0. The Bertz CT molecular complexity index is 472. The molecule has 0 aliphatic heterocycles. The topological polar surface area (TPSA) is 70.7 Å². The highest BCUT2D eigenvalue weighted by Crippen LogP contribution is 2.11. The van der Waals surface area contributed by atoms with Crippen LogP contribution in [0.1, 0.15) is 24.2 Å². The van der Waals surface area contributed by atoms with Gasteiger partial charge < -0.3 is 16.0 Å². The molecule has 20 heavy (non-hydrogen) atoms. The van der Waals surface area contributed by atoms with Crippen LogP contribution in [0.2, 0.25) is 0 Å². The van der Waals surface area contributed by atoms with E-state index in [0.717, 1.165) is 17.6 Å². The third kappa shape index (κ3) is 5.21. The van der Waals surface area contributed by atoms with E-state index in [-0.39, 0.29) is 5.91 Å². The molecule has 110 valence electrons. The monoisotopic (exact) mass is 340 g/mol. The minimum Gasteiger partial charge on any atom is -0.370 e. The third-order valence-electron chi connectivity index (χ3n) is 2.85. The Balaban J connectivity index is 2.41. The van der Waals surface area contributed by atoms with Crippen LogP contribution in [-0.4, -0.2) is 42.9 Å². The molecular formula is C14H21BrN4O. The molecule has 0 atom stereocenters. The highest BCUT2D eigenvalue weighted by Gasteiger charge is 2.05. The van der Waals surface area contributed by atoms with E-state index in [2.05, 4.69) is 26.2 Å². The second-order valence-corrected chi connectivity index (χ2v) is 5.09. The van der Waals surface area contributed by atoms with Crippen LogP contribution < -0.4 is 11.1 Å². The van der Waals surface area contributed by atoms with Crippen LogP contribution in [0.4, 0.5) is 0 Å². The summed E-state index contributed by atoms with van der Waals surface area (Å²) < 4.78 is 0.883. The maximum absolute atomic E-state index is 11.9. The van der Waals surface area contributed by atoms with Crippen LogP contribution in [0.5, 0.6) is 0 Å². The highest BCUT2D eigenvalue weighted by molar-refractivity contribution is 9.10. The molecule has 0 saturated carbocycles. The number of halogens is 1. The van der Waals surface area contributed by atoms with Gasteiger partial charge in [0.15, 0.2) is 5.96 Å². The van der Waals surface area contributed by atoms with Crippen molar-refractivity contribution in [2.75, 3.05) is 26.2 Å². The van der Waals surface area contributed by atoms with Crippen LogP contribution in [0.15, 0.2) is 33.7 Å². The second kappa shape index (κ2) is 8.58. The Morgan fingerprint density at radius 1 is 1.40 bits per heavy atom. The lowest BCUT2D eigenvalue weighted by Crippen LogP contribution is -2.37. The number of benzene rings is 1. The molecule has 1 amide bonds. The predicted octanol–water partition coefficient (Wildman–Crippen LogP) is 1.84. The summed E-state index contributed by atoms with van der Waals surface area (Å²) in [6.45, 7) is 6.66. The first-order chi connectivity index (χ1) is 9.58. The molecule has 3 N–H and O–H groups in total. The van der Waals surface area contributed by atoms with Gasteiger partial charge in [0.2, 0.25) is 0 Å². The Labute approximate surface area is 128 Å². The average molecular weight is 341 g/mol. The van der Waals surface area contributed by atoms with Crippen molar-refractivity contribution < 1.29 is 4.79 Å². The van der Waals surface area contributed by atoms with Crippen molar-refractivity contribution in [3.05, 3.63) is 34.3 Å². The Morgan fingerprint density at radius 3 is 2.70 bits per heavy atom. The zero-order valence-corrected chi connectivity index (χ0v) is 13.5. The normalized spacial score (nSPS) is 11.2. The fourth-order valence-electron chi connectivity index (χ4n) is 1.72. The first-order valence-corrected chi connectivity index (χ1v) is 7.46. The molecule has 0 radical (unpaired) electrons. The molecule has 0 aliphatic carbocycles. The second-order valence-electron chi connectivity index (χ2n) is 4.18. The minimum absolute atomic E-state index is 0.108. The predicted molar refractivity (Wildman–Crippen MR) is 85.9 cm³/mol. The lowest BCUT2D eigenvalue weighted by atomic mass is 10.2. The van der Waals surface area contributed by atoms with Gasteiger partial charge >= 0.3 is 0 Å². The molecule has 0 aliphatic rings. The summed E-state index contributed by atoms with van der Waals surface area (Å²) in [7, 11) is 0. The van der Waals surface area contributed by atoms with Crippen molar-refractivity contribution >= 4 is 27.8 Å². The van der Waals surface area contributed by atoms with E-state index in [1.807, 2.05) is 30.9 Å². The molecule has 0 fully saturated rings. The van der Waals surface area contributed by atoms with Crippen molar-refractivity contribution in [3.8, 4) is 0 Å². The molecule has 1 aromatic rings. The van der Waals surface area contributed by atoms with Crippen molar-refractivity contribution in [1.82, 2.24) is 10.2 Å². The van der Waals surface area contributed by atoms with Gasteiger partial charge in [-0.05, 0) is 32.0 Å². The molecule has 1 rings (SSSR count). The van der Waals surface area contributed by atoms with E-state index in [4.69, 9.17) is 5.73 Å². The molecule has 0 spiro atoms. The number of hydrogen-bond acceptors (Lipinski definition) is 2. The summed E-state index contributed by atoms with van der Waals surface area (Å²) in [6, 6.07) is 7.26. The number of nitrogens with two attached hydrogens (primary N) is 1. The molecule has 5 nitrogen and oxygen atoms in total. The van der Waals surface area contributed by atoms with E-state index >= 15 is 0 Å². The standard InChI is InChI=1S/C14H21BrN4O/c1-3-19(4-2)14(16)18-9-8-17-13(20)11-6-5-7-12(15)10-11/h5-7,10H,3-4,8-9H2,1-2H3,(H2,16,18)(H,17,20). The number of rotatable bonds is 6. The first kappa shape index (κ1) is 16.5. The number of guanidine groups is 1. The molecular weight excluding hydrogens is 320 g/mol. The summed E-state index contributed by atoms with van der Waals surface area (Å²) in [6.07, 6.45) is 0. The summed E-state index contributed by atoms with van der Waals surface area (Å²) in [4.78, 5) is 18.1. The van der Waals surface area contributed by atoms with Crippen molar-refractivity contribution in [2.24, 2.45) is 10.7 Å². The van der Waals surface area contributed by atoms with Gasteiger partial charge in [-0.1, -0.05) is 22.0 Å². The van der Waals surface area contributed by atoms with Gasteiger partial charge in [-0.3, -0.25) is 9.79 Å². The van der Waals surface area contributed by atoms with Gasteiger partial charge in [0.1, 0.15) is 0 Å². The number of carbonyl (C=O) groups excluding carboxylic acids is 1. The van der Waals surface area contributed by atoms with Crippen molar-refractivity contribution in [1.29, 1.82) is 0 Å². The summed E-state index contributed by atoms with van der Waals surface area (Å²) in [5.74, 6) is 0.412. The molecule has 0 bridgehead atoms. The molecule has 0 unspecified atom stereocenters. The summed E-state index contributed by atoms with van der Waals surface area (Å²) in [5, 5.41) is 2.82. The van der Waals surface area contributed by atoms with Crippen LogP contribution in [0, 0.1) is 0 Å². The van der Waals surface area contributed by atoms with E-state index < -0.39 is 0 Å². The Morgan fingerprint density at radius 2 is 2.10 bits per heavy atom. The maximum Gasteiger partial charge on any atom is 0.251 e. The minimum atomic E-state index is -0.108. The maximum atomic E-state index is 11.9. The number of amides is 1. The molecule has 0 heterocycles. The molecule has 0 saturated heterocycles. The van der Waals surface area contributed by atoms with E-state index in [9.17, 15) is 4.79 Å². The fraction of sp³-hybridized carbons (Fsp3) is 0.429. The van der Waals surface area contributed by atoms with Gasteiger partial charge in [-0.25, -0.2) is 0 Å². The zero-order valence-electron chi connectivity index (χ0n) is 11.9. The lowest BCUT2D eigenvalue weighted by molar-refractivity contribution is 0.0954. The molecule has 6 heteroatoms. The SMILES string of the molecule is CCN(CC)C(N)=NCCNC(=O)c1cccc(Br)c1. The van der Waals surface area contributed by atoms with Crippen molar-refractivity contribution in [2.45, 2.75) is 13.8 Å². The van der Waals surface area contributed by atoms with Gasteiger partial charge in [-0.2, -0.15) is 0 Å². The van der Waals surface area contributed by atoms with Crippen molar-refractivity contribution in [3.63, 3.8) is 0 Å². The Hall–Kier alpha value is -1.56. The quantitative estimate of drug-likeness (QED) is 0.471. The third-order valence-corrected chi connectivity index (χ3v) is 3.34. The van der Waals surface area contributed by atoms with Gasteiger partial charge in [-0.15, -0.1) is 0 Å².